The number of rotatable bonds is 6. The Morgan fingerprint density at radius 2 is 1.95 bits per heavy atom. The fraction of sp³-hybridized carbons (Fsp3) is 0.438. The molecule has 4 heteroatoms. The predicted molar refractivity (Wildman–Crippen MR) is 85.9 cm³/mol. The summed E-state index contributed by atoms with van der Waals surface area (Å²) in [4.78, 5) is 7.78. The van der Waals surface area contributed by atoms with Gasteiger partial charge in [-0.25, -0.2) is 4.98 Å². The van der Waals surface area contributed by atoms with Gasteiger partial charge >= 0.3 is 0 Å². The molecule has 0 amide bonds. The predicted octanol–water partition coefficient (Wildman–Crippen LogP) is 3.36. The monoisotopic (exact) mass is 289 g/mol. The Kier molecular flexibility index (Phi) is 5.29. The molecule has 1 aromatic heterocycles. The molecule has 0 spiro atoms. The largest absolute Gasteiger partial charge is 0.305 e. The van der Waals surface area contributed by atoms with Crippen LogP contribution >= 0.6 is 11.3 Å². The first kappa shape index (κ1) is 15.2. The number of aromatic nitrogens is 1. The standard InChI is InChI=1S/C16H23N3S/c1-12(17-9-16-13(2)18-11-20-16)15-7-5-14(6-8-15)10-19(3)4/h5-8,11-12,17H,9-10H2,1-4H3/t12-/m0/s1. The first-order valence-corrected chi connectivity index (χ1v) is 7.80. The smallest absolute Gasteiger partial charge is 0.0798 e. The number of hydrogen-bond donors (Lipinski definition) is 1. The van der Waals surface area contributed by atoms with Crippen LogP contribution in [0.15, 0.2) is 29.8 Å². The van der Waals surface area contributed by atoms with Crippen molar-refractivity contribution < 1.29 is 0 Å². The average Bonchev–Trinajstić information content (AvgIpc) is 2.82. The topological polar surface area (TPSA) is 28.2 Å². The summed E-state index contributed by atoms with van der Waals surface area (Å²) in [5, 5.41) is 3.56. The first-order valence-electron chi connectivity index (χ1n) is 6.92. The van der Waals surface area contributed by atoms with Crippen molar-refractivity contribution in [3.8, 4) is 0 Å². The zero-order valence-electron chi connectivity index (χ0n) is 12.7. The minimum Gasteiger partial charge on any atom is -0.305 e. The van der Waals surface area contributed by atoms with Crippen molar-refractivity contribution in [3.63, 3.8) is 0 Å². The quantitative estimate of drug-likeness (QED) is 0.884. The van der Waals surface area contributed by atoms with Crippen molar-refractivity contribution in [3.05, 3.63) is 51.5 Å². The van der Waals surface area contributed by atoms with Crippen molar-refractivity contribution in [2.45, 2.75) is 33.0 Å². The van der Waals surface area contributed by atoms with E-state index >= 15 is 0 Å². The maximum atomic E-state index is 4.28. The lowest BCUT2D eigenvalue weighted by Crippen LogP contribution is -2.18. The lowest BCUT2D eigenvalue weighted by molar-refractivity contribution is 0.402. The summed E-state index contributed by atoms with van der Waals surface area (Å²) >= 11 is 1.72. The highest BCUT2D eigenvalue weighted by atomic mass is 32.1. The number of aryl methyl sites for hydroxylation is 1. The van der Waals surface area contributed by atoms with E-state index in [0.717, 1.165) is 18.8 Å². The number of nitrogens with one attached hydrogen (secondary N) is 1. The van der Waals surface area contributed by atoms with E-state index in [0.29, 0.717) is 6.04 Å². The minimum atomic E-state index is 0.352. The SMILES string of the molecule is Cc1ncsc1CN[C@@H](C)c1ccc(CN(C)C)cc1. The Morgan fingerprint density at radius 1 is 1.25 bits per heavy atom. The van der Waals surface area contributed by atoms with Gasteiger partial charge in [-0.1, -0.05) is 24.3 Å². The molecule has 2 aromatic rings. The van der Waals surface area contributed by atoms with Crippen molar-refractivity contribution >= 4 is 11.3 Å². The summed E-state index contributed by atoms with van der Waals surface area (Å²) < 4.78 is 0. The second-order valence-electron chi connectivity index (χ2n) is 5.44. The van der Waals surface area contributed by atoms with E-state index in [1.54, 1.807) is 11.3 Å². The van der Waals surface area contributed by atoms with E-state index in [4.69, 9.17) is 0 Å². The van der Waals surface area contributed by atoms with E-state index < -0.39 is 0 Å². The first-order chi connectivity index (χ1) is 9.56. The fourth-order valence-corrected chi connectivity index (χ4v) is 2.86. The van der Waals surface area contributed by atoms with Gasteiger partial charge in [0.15, 0.2) is 0 Å². The molecular weight excluding hydrogens is 266 g/mol. The molecule has 2 rings (SSSR count). The Bertz CT molecular complexity index is 531. The number of hydrogen-bond acceptors (Lipinski definition) is 4. The summed E-state index contributed by atoms with van der Waals surface area (Å²) in [7, 11) is 4.19. The Hall–Kier alpha value is -1.23. The lowest BCUT2D eigenvalue weighted by atomic mass is 10.1. The molecule has 0 bridgehead atoms. The third kappa shape index (κ3) is 4.13. The van der Waals surface area contributed by atoms with Crippen LogP contribution in [0.1, 0.15) is 34.7 Å². The molecule has 1 aromatic carbocycles. The molecule has 0 aliphatic rings. The van der Waals surface area contributed by atoms with Gasteiger partial charge in [0.05, 0.1) is 11.2 Å². The summed E-state index contributed by atoms with van der Waals surface area (Å²) in [5.74, 6) is 0. The molecule has 0 aliphatic heterocycles. The summed E-state index contributed by atoms with van der Waals surface area (Å²) in [6, 6.07) is 9.22. The van der Waals surface area contributed by atoms with Crippen LogP contribution in [0.25, 0.3) is 0 Å². The molecule has 0 radical (unpaired) electrons. The molecule has 20 heavy (non-hydrogen) atoms. The van der Waals surface area contributed by atoms with E-state index in [-0.39, 0.29) is 0 Å². The molecular formula is C16H23N3S. The molecule has 0 fully saturated rings. The molecule has 0 aliphatic carbocycles. The highest BCUT2D eigenvalue weighted by Crippen LogP contribution is 2.17. The molecule has 1 N–H and O–H groups in total. The van der Waals surface area contributed by atoms with Gasteiger partial charge in [0.1, 0.15) is 0 Å². The molecule has 0 unspecified atom stereocenters. The van der Waals surface area contributed by atoms with Crippen molar-refractivity contribution in [2.24, 2.45) is 0 Å². The molecule has 1 atom stereocenters. The summed E-state index contributed by atoms with van der Waals surface area (Å²) in [6.45, 7) is 6.14. The lowest BCUT2D eigenvalue weighted by Gasteiger charge is -2.15. The van der Waals surface area contributed by atoms with Gasteiger partial charge in [-0.3, -0.25) is 0 Å². The van der Waals surface area contributed by atoms with E-state index in [9.17, 15) is 0 Å². The van der Waals surface area contributed by atoms with Crippen LogP contribution in [-0.4, -0.2) is 24.0 Å². The maximum Gasteiger partial charge on any atom is 0.0798 e. The third-order valence-electron chi connectivity index (χ3n) is 3.39. The number of thiazole rings is 1. The van der Waals surface area contributed by atoms with E-state index in [1.165, 1.54) is 16.0 Å². The fourth-order valence-electron chi connectivity index (χ4n) is 2.14. The summed E-state index contributed by atoms with van der Waals surface area (Å²) in [5.41, 5.74) is 5.72. The second-order valence-corrected chi connectivity index (χ2v) is 6.38. The molecule has 1 heterocycles. The summed E-state index contributed by atoms with van der Waals surface area (Å²) in [6.07, 6.45) is 0. The van der Waals surface area contributed by atoms with Crippen LogP contribution in [0.2, 0.25) is 0 Å². The van der Waals surface area contributed by atoms with E-state index in [1.807, 2.05) is 5.51 Å². The van der Waals surface area contributed by atoms with Crippen molar-refractivity contribution in [1.29, 1.82) is 0 Å². The van der Waals surface area contributed by atoms with E-state index in [2.05, 4.69) is 67.4 Å². The number of benzene rings is 1. The number of nitrogens with zero attached hydrogens (tertiary/aromatic N) is 2. The third-order valence-corrected chi connectivity index (χ3v) is 4.33. The van der Waals surface area contributed by atoms with Gasteiger partial charge in [0.25, 0.3) is 0 Å². The van der Waals surface area contributed by atoms with Crippen molar-refractivity contribution in [2.75, 3.05) is 14.1 Å². The Balaban J connectivity index is 1.92. The normalized spacial score (nSPS) is 12.8. The zero-order valence-corrected chi connectivity index (χ0v) is 13.5. The highest BCUT2D eigenvalue weighted by molar-refractivity contribution is 7.09. The Labute approximate surface area is 125 Å². The molecule has 108 valence electrons. The Morgan fingerprint density at radius 3 is 2.50 bits per heavy atom. The zero-order chi connectivity index (χ0) is 14.5. The van der Waals surface area contributed by atoms with Crippen LogP contribution in [0.3, 0.4) is 0 Å². The highest BCUT2D eigenvalue weighted by Gasteiger charge is 2.07. The van der Waals surface area contributed by atoms with Gasteiger partial charge < -0.3 is 10.2 Å². The van der Waals surface area contributed by atoms with Crippen LogP contribution in [0.4, 0.5) is 0 Å². The average molecular weight is 289 g/mol. The van der Waals surface area contributed by atoms with Crippen molar-refractivity contribution in [1.82, 2.24) is 15.2 Å². The van der Waals surface area contributed by atoms with Crippen LogP contribution < -0.4 is 5.32 Å². The van der Waals surface area contributed by atoms with Gasteiger partial charge in [0.2, 0.25) is 0 Å². The van der Waals surface area contributed by atoms with Gasteiger partial charge in [-0.15, -0.1) is 11.3 Å². The molecule has 0 saturated heterocycles. The molecule has 0 saturated carbocycles. The van der Waals surface area contributed by atoms with Gasteiger partial charge in [-0.2, -0.15) is 0 Å². The maximum absolute atomic E-state index is 4.28. The van der Waals surface area contributed by atoms with Crippen LogP contribution in [-0.2, 0) is 13.1 Å². The minimum absolute atomic E-state index is 0.352. The van der Waals surface area contributed by atoms with Crippen LogP contribution in [0.5, 0.6) is 0 Å². The van der Waals surface area contributed by atoms with Gasteiger partial charge in [0, 0.05) is 24.0 Å². The van der Waals surface area contributed by atoms with Gasteiger partial charge in [-0.05, 0) is 39.1 Å². The molecule has 3 nitrogen and oxygen atoms in total. The second kappa shape index (κ2) is 6.97. The van der Waals surface area contributed by atoms with Crippen LogP contribution in [0, 0.1) is 6.92 Å².